The minimum atomic E-state index is 0.0479. The fourth-order valence-electron chi connectivity index (χ4n) is 4.25. The van der Waals surface area contributed by atoms with E-state index < -0.39 is 0 Å². The molecule has 3 aromatic rings. The standard InChI is InChI=1S/C26H25N3OS/c30-25(19-8-3-1-4-9-19)20-13-15-21(16-14-20)27-26-28-23(18-31-26)24-12-7-17-29(24)22-10-5-2-6-11-22/h1-6,8-11,13-16,18,24,26-28H,7,12,17H2. The summed E-state index contributed by atoms with van der Waals surface area (Å²) in [6.07, 6.45) is 2.37. The van der Waals surface area contributed by atoms with Gasteiger partial charge in [0.05, 0.1) is 6.04 Å². The average molecular weight is 428 g/mol. The van der Waals surface area contributed by atoms with Gasteiger partial charge in [-0.15, -0.1) is 0 Å². The molecule has 31 heavy (non-hydrogen) atoms. The summed E-state index contributed by atoms with van der Waals surface area (Å²) in [5.74, 6) is 0.0479. The molecule has 2 atom stereocenters. The largest absolute Gasteiger partial charge is 0.363 e. The van der Waals surface area contributed by atoms with Crippen LogP contribution in [0.3, 0.4) is 0 Å². The minimum absolute atomic E-state index is 0.0479. The van der Waals surface area contributed by atoms with Crippen molar-refractivity contribution in [3.05, 3.63) is 107 Å². The third kappa shape index (κ3) is 4.32. The first kappa shape index (κ1) is 19.8. The maximum Gasteiger partial charge on any atom is 0.193 e. The maximum absolute atomic E-state index is 12.6. The summed E-state index contributed by atoms with van der Waals surface area (Å²) in [5.41, 5.74) is 5.06. The number of rotatable bonds is 6. The van der Waals surface area contributed by atoms with E-state index in [1.807, 2.05) is 54.6 Å². The van der Waals surface area contributed by atoms with Crippen LogP contribution in [0.1, 0.15) is 28.8 Å². The number of nitrogens with zero attached hydrogens (tertiary/aromatic N) is 1. The van der Waals surface area contributed by atoms with E-state index >= 15 is 0 Å². The molecular weight excluding hydrogens is 402 g/mol. The van der Waals surface area contributed by atoms with Gasteiger partial charge in [-0.25, -0.2) is 0 Å². The molecule has 0 spiro atoms. The molecule has 5 rings (SSSR count). The van der Waals surface area contributed by atoms with Crippen molar-refractivity contribution in [2.24, 2.45) is 0 Å². The monoisotopic (exact) mass is 427 g/mol. The molecule has 5 heteroatoms. The van der Waals surface area contributed by atoms with Crippen molar-refractivity contribution in [2.75, 3.05) is 16.8 Å². The van der Waals surface area contributed by atoms with Crippen LogP contribution in [0.4, 0.5) is 11.4 Å². The van der Waals surface area contributed by atoms with E-state index in [4.69, 9.17) is 0 Å². The molecule has 0 amide bonds. The zero-order chi connectivity index (χ0) is 21.0. The van der Waals surface area contributed by atoms with Crippen LogP contribution in [-0.2, 0) is 0 Å². The van der Waals surface area contributed by atoms with E-state index in [1.54, 1.807) is 11.8 Å². The van der Waals surface area contributed by atoms with Gasteiger partial charge in [0.15, 0.2) is 5.78 Å². The first-order valence-corrected chi connectivity index (χ1v) is 11.6. The lowest BCUT2D eigenvalue weighted by atomic mass is 10.0. The van der Waals surface area contributed by atoms with Crippen LogP contribution in [-0.4, -0.2) is 23.9 Å². The van der Waals surface area contributed by atoms with Gasteiger partial charge in [0, 0.05) is 34.7 Å². The summed E-state index contributed by atoms with van der Waals surface area (Å²) in [4.78, 5) is 15.1. The van der Waals surface area contributed by atoms with Gasteiger partial charge in [-0.1, -0.05) is 60.3 Å². The number of anilines is 2. The Hall–Kier alpha value is -3.18. The Balaban J connectivity index is 1.20. The summed E-state index contributed by atoms with van der Waals surface area (Å²) >= 11 is 1.76. The smallest absolute Gasteiger partial charge is 0.193 e. The summed E-state index contributed by atoms with van der Waals surface area (Å²) in [6, 6.07) is 28.2. The molecule has 2 heterocycles. The maximum atomic E-state index is 12.6. The molecule has 1 saturated heterocycles. The molecule has 156 valence electrons. The Labute approximate surface area is 187 Å². The molecule has 2 aliphatic rings. The van der Waals surface area contributed by atoms with Gasteiger partial charge in [-0.2, -0.15) is 0 Å². The summed E-state index contributed by atoms with van der Waals surface area (Å²) in [6.45, 7) is 1.09. The lowest BCUT2D eigenvalue weighted by Gasteiger charge is -2.28. The van der Waals surface area contributed by atoms with Crippen molar-refractivity contribution in [3.63, 3.8) is 0 Å². The Morgan fingerprint density at radius 3 is 2.32 bits per heavy atom. The number of thioether (sulfide) groups is 1. The van der Waals surface area contributed by atoms with Crippen LogP contribution >= 0.6 is 11.8 Å². The van der Waals surface area contributed by atoms with Gasteiger partial charge in [-0.05, 0) is 54.6 Å². The summed E-state index contributed by atoms with van der Waals surface area (Å²) in [5, 5.41) is 9.42. The van der Waals surface area contributed by atoms with Crippen molar-refractivity contribution in [1.29, 1.82) is 0 Å². The molecule has 3 aromatic carbocycles. The van der Waals surface area contributed by atoms with E-state index in [-0.39, 0.29) is 11.3 Å². The van der Waals surface area contributed by atoms with Crippen LogP contribution in [0.2, 0.25) is 0 Å². The van der Waals surface area contributed by atoms with Crippen LogP contribution in [0.25, 0.3) is 0 Å². The van der Waals surface area contributed by atoms with Gasteiger partial charge in [-0.3, -0.25) is 4.79 Å². The molecule has 0 radical (unpaired) electrons. The number of para-hydroxylation sites is 1. The Bertz CT molecular complexity index is 1070. The number of hydrogen-bond donors (Lipinski definition) is 2. The molecular formula is C26H25N3OS. The van der Waals surface area contributed by atoms with Crippen molar-refractivity contribution in [2.45, 2.75) is 24.4 Å². The minimum Gasteiger partial charge on any atom is -0.363 e. The third-order valence-corrected chi connectivity index (χ3v) is 6.71. The predicted molar refractivity (Wildman–Crippen MR) is 129 cm³/mol. The fraction of sp³-hybridized carbons (Fsp3) is 0.192. The highest BCUT2D eigenvalue weighted by molar-refractivity contribution is 8.03. The second kappa shape index (κ2) is 8.90. The molecule has 0 aliphatic carbocycles. The third-order valence-electron chi connectivity index (χ3n) is 5.81. The van der Waals surface area contributed by atoms with Crippen LogP contribution < -0.4 is 15.5 Å². The first-order chi connectivity index (χ1) is 15.3. The van der Waals surface area contributed by atoms with E-state index in [1.165, 1.54) is 17.8 Å². The van der Waals surface area contributed by atoms with Crippen molar-refractivity contribution >= 4 is 28.9 Å². The number of nitrogens with one attached hydrogen (secondary N) is 2. The quantitative estimate of drug-likeness (QED) is 0.512. The normalized spacial score (nSPS) is 20.3. The lowest BCUT2D eigenvalue weighted by molar-refractivity contribution is 0.103. The van der Waals surface area contributed by atoms with Gasteiger partial charge in [0.1, 0.15) is 5.50 Å². The second-order valence-corrected chi connectivity index (χ2v) is 8.82. The van der Waals surface area contributed by atoms with Crippen molar-refractivity contribution in [3.8, 4) is 0 Å². The summed E-state index contributed by atoms with van der Waals surface area (Å²) in [7, 11) is 0. The molecule has 2 N–H and O–H groups in total. The van der Waals surface area contributed by atoms with Gasteiger partial charge in [0.2, 0.25) is 0 Å². The highest BCUT2D eigenvalue weighted by atomic mass is 32.2. The molecule has 2 unspecified atom stereocenters. The van der Waals surface area contributed by atoms with E-state index in [9.17, 15) is 4.79 Å². The molecule has 1 fully saturated rings. The molecule has 0 bridgehead atoms. The van der Waals surface area contributed by atoms with E-state index in [0.717, 1.165) is 18.7 Å². The average Bonchev–Trinajstić information content (AvgIpc) is 3.50. The second-order valence-electron chi connectivity index (χ2n) is 7.84. The van der Waals surface area contributed by atoms with Crippen LogP contribution in [0.15, 0.2) is 96.0 Å². The van der Waals surface area contributed by atoms with E-state index in [2.05, 4.69) is 51.3 Å². The zero-order valence-corrected chi connectivity index (χ0v) is 18.0. The number of carbonyl (C=O) groups excluding carboxylic acids is 1. The van der Waals surface area contributed by atoms with Crippen LogP contribution in [0, 0.1) is 0 Å². The lowest BCUT2D eigenvalue weighted by Crippen LogP contribution is -2.38. The Morgan fingerprint density at radius 2 is 1.58 bits per heavy atom. The van der Waals surface area contributed by atoms with Gasteiger partial charge in [0.25, 0.3) is 0 Å². The number of carbonyl (C=O) groups is 1. The van der Waals surface area contributed by atoms with Crippen LogP contribution in [0.5, 0.6) is 0 Å². The van der Waals surface area contributed by atoms with Crippen molar-refractivity contribution in [1.82, 2.24) is 5.32 Å². The molecule has 4 nitrogen and oxygen atoms in total. The molecule has 0 aromatic heterocycles. The summed E-state index contributed by atoms with van der Waals surface area (Å²) < 4.78 is 0. The molecule has 2 aliphatic heterocycles. The predicted octanol–water partition coefficient (Wildman–Crippen LogP) is 5.46. The zero-order valence-electron chi connectivity index (χ0n) is 17.2. The Morgan fingerprint density at radius 1 is 0.903 bits per heavy atom. The van der Waals surface area contributed by atoms with Gasteiger partial charge < -0.3 is 15.5 Å². The number of benzene rings is 3. The number of ketones is 1. The molecule has 0 saturated carbocycles. The highest BCUT2D eigenvalue weighted by Gasteiger charge is 2.31. The van der Waals surface area contributed by atoms with Crippen molar-refractivity contribution < 1.29 is 4.79 Å². The SMILES string of the molecule is O=C(c1ccccc1)c1ccc(NC2NC(C3CCCN3c3ccccc3)=CS2)cc1. The Kier molecular flexibility index (Phi) is 5.67. The fourth-order valence-corrected chi connectivity index (χ4v) is 5.17. The van der Waals surface area contributed by atoms with E-state index in [0.29, 0.717) is 17.2 Å². The van der Waals surface area contributed by atoms with Gasteiger partial charge >= 0.3 is 0 Å². The first-order valence-electron chi connectivity index (χ1n) is 10.7. The topological polar surface area (TPSA) is 44.4 Å². The number of hydrogen-bond acceptors (Lipinski definition) is 5. The highest BCUT2D eigenvalue weighted by Crippen LogP contribution is 2.33.